The van der Waals surface area contributed by atoms with Crippen molar-refractivity contribution in [2.24, 2.45) is 24.1 Å². The summed E-state index contributed by atoms with van der Waals surface area (Å²) in [6.45, 7) is 3.34. The highest BCUT2D eigenvalue weighted by molar-refractivity contribution is 5.83. The molecule has 0 aromatic carbocycles. The summed E-state index contributed by atoms with van der Waals surface area (Å²) in [5.41, 5.74) is 6.56. The van der Waals surface area contributed by atoms with Gasteiger partial charge in [-0.15, -0.1) is 0 Å². The molecule has 1 fully saturated rings. The van der Waals surface area contributed by atoms with E-state index >= 15 is 0 Å². The molecule has 0 atom stereocenters. The fraction of sp³-hybridized carbons (Fsp3) is 0.733. The number of carbonyl (C=O) groups is 1. The molecule has 5 nitrogen and oxygen atoms in total. The van der Waals surface area contributed by atoms with E-state index in [9.17, 15) is 4.79 Å². The normalized spacial score (nSPS) is 26.4. The lowest BCUT2D eigenvalue weighted by Crippen LogP contribution is -2.48. The van der Waals surface area contributed by atoms with Gasteiger partial charge in [0.1, 0.15) is 0 Å². The van der Waals surface area contributed by atoms with Crippen molar-refractivity contribution >= 4 is 5.91 Å². The Bertz CT molecular complexity index is 446. The second-order valence-corrected chi connectivity index (χ2v) is 6.15. The number of rotatable bonds is 5. The van der Waals surface area contributed by atoms with Gasteiger partial charge in [0.15, 0.2) is 0 Å². The van der Waals surface area contributed by atoms with Gasteiger partial charge in [0.25, 0.3) is 0 Å². The molecule has 1 amide bonds. The van der Waals surface area contributed by atoms with E-state index in [1.165, 1.54) is 0 Å². The first kappa shape index (κ1) is 15.0. The topological polar surface area (TPSA) is 72.9 Å². The summed E-state index contributed by atoms with van der Waals surface area (Å²) in [7, 11) is 1.90. The molecule has 3 N–H and O–H groups in total. The summed E-state index contributed by atoms with van der Waals surface area (Å²) < 4.78 is 1.78. The second kappa shape index (κ2) is 6.39. The number of aromatic nitrogens is 2. The molecule has 0 bridgehead atoms. The van der Waals surface area contributed by atoms with E-state index in [0.717, 1.165) is 43.7 Å². The molecule has 0 radical (unpaired) electrons. The van der Waals surface area contributed by atoms with E-state index in [0.29, 0.717) is 13.1 Å². The first-order valence-electron chi connectivity index (χ1n) is 7.53. The molecule has 0 saturated heterocycles. The Hall–Kier alpha value is -1.36. The second-order valence-electron chi connectivity index (χ2n) is 6.15. The van der Waals surface area contributed by atoms with Gasteiger partial charge in [-0.05, 0) is 37.7 Å². The number of amides is 1. The lowest BCUT2D eigenvalue weighted by molar-refractivity contribution is -0.132. The smallest absolute Gasteiger partial charge is 0.227 e. The fourth-order valence-corrected chi connectivity index (χ4v) is 2.93. The molecule has 1 aromatic heterocycles. The van der Waals surface area contributed by atoms with Gasteiger partial charge in [0.2, 0.25) is 5.91 Å². The van der Waals surface area contributed by atoms with Crippen LogP contribution in [0.1, 0.15) is 38.3 Å². The van der Waals surface area contributed by atoms with Crippen LogP contribution >= 0.6 is 0 Å². The third kappa shape index (κ3) is 3.39. The Morgan fingerprint density at radius 2 is 2.25 bits per heavy atom. The zero-order chi connectivity index (χ0) is 14.6. The van der Waals surface area contributed by atoms with Gasteiger partial charge < -0.3 is 11.1 Å². The molecule has 20 heavy (non-hydrogen) atoms. The Morgan fingerprint density at radius 3 is 2.80 bits per heavy atom. The van der Waals surface area contributed by atoms with Crippen LogP contribution in [0.15, 0.2) is 12.3 Å². The van der Waals surface area contributed by atoms with Crippen LogP contribution in [0.25, 0.3) is 0 Å². The summed E-state index contributed by atoms with van der Waals surface area (Å²) in [5.74, 6) is 0.846. The van der Waals surface area contributed by atoms with Crippen LogP contribution in [0.4, 0.5) is 0 Å². The SMILES string of the molecule is CC1CCC(CN)(C(=O)NCCc2ccn(C)n2)CC1. The van der Waals surface area contributed by atoms with E-state index in [4.69, 9.17) is 5.73 Å². The molecule has 1 aliphatic rings. The lowest BCUT2D eigenvalue weighted by atomic mass is 9.70. The van der Waals surface area contributed by atoms with Crippen molar-refractivity contribution in [1.82, 2.24) is 15.1 Å². The van der Waals surface area contributed by atoms with Gasteiger partial charge in [0.05, 0.1) is 11.1 Å². The average molecular weight is 278 g/mol. The standard InChI is InChI=1S/C15H26N4O/c1-12-3-7-15(11-16,8-4-12)14(20)17-9-5-13-6-10-19(2)18-13/h6,10,12H,3-5,7-9,11,16H2,1-2H3,(H,17,20). The highest BCUT2D eigenvalue weighted by Crippen LogP contribution is 2.38. The molecule has 1 aromatic rings. The molecule has 0 spiro atoms. The summed E-state index contributed by atoms with van der Waals surface area (Å²) in [6.07, 6.45) is 6.72. The van der Waals surface area contributed by atoms with Crippen LogP contribution in [-0.2, 0) is 18.3 Å². The molecular formula is C15H26N4O. The summed E-state index contributed by atoms with van der Waals surface area (Å²) >= 11 is 0. The van der Waals surface area contributed by atoms with Crippen LogP contribution in [0.5, 0.6) is 0 Å². The molecule has 0 unspecified atom stereocenters. The van der Waals surface area contributed by atoms with Crippen molar-refractivity contribution in [1.29, 1.82) is 0 Å². The molecule has 1 heterocycles. The van der Waals surface area contributed by atoms with Crippen LogP contribution in [0.3, 0.4) is 0 Å². The largest absolute Gasteiger partial charge is 0.355 e. The maximum atomic E-state index is 12.4. The van der Waals surface area contributed by atoms with Crippen molar-refractivity contribution in [3.63, 3.8) is 0 Å². The average Bonchev–Trinajstić information content (AvgIpc) is 2.85. The molecule has 2 rings (SSSR count). The minimum absolute atomic E-state index is 0.128. The van der Waals surface area contributed by atoms with Gasteiger partial charge in [0, 0.05) is 32.8 Å². The third-order valence-corrected chi connectivity index (χ3v) is 4.54. The molecule has 1 aliphatic carbocycles. The van der Waals surface area contributed by atoms with E-state index in [2.05, 4.69) is 17.3 Å². The molecule has 112 valence electrons. The number of nitrogens with zero attached hydrogens (tertiary/aromatic N) is 2. The Morgan fingerprint density at radius 1 is 1.55 bits per heavy atom. The summed E-state index contributed by atoms with van der Waals surface area (Å²) in [4.78, 5) is 12.4. The maximum absolute atomic E-state index is 12.4. The number of hydrogen-bond acceptors (Lipinski definition) is 3. The highest BCUT2D eigenvalue weighted by Gasteiger charge is 2.39. The molecule has 0 aliphatic heterocycles. The van der Waals surface area contributed by atoms with Crippen molar-refractivity contribution in [3.05, 3.63) is 18.0 Å². The van der Waals surface area contributed by atoms with E-state index < -0.39 is 0 Å². The predicted molar refractivity (Wildman–Crippen MR) is 79.0 cm³/mol. The van der Waals surface area contributed by atoms with Gasteiger partial charge >= 0.3 is 0 Å². The number of nitrogens with one attached hydrogen (secondary N) is 1. The number of nitrogens with two attached hydrogens (primary N) is 1. The van der Waals surface area contributed by atoms with Gasteiger partial charge in [-0.2, -0.15) is 5.10 Å². The Balaban J connectivity index is 1.83. The van der Waals surface area contributed by atoms with Crippen molar-refractivity contribution in [2.75, 3.05) is 13.1 Å². The Labute approximate surface area is 120 Å². The van der Waals surface area contributed by atoms with Gasteiger partial charge in [-0.3, -0.25) is 9.48 Å². The fourth-order valence-electron chi connectivity index (χ4n) is 2.93. The van der Waals surface area contributed by atoms with Crippen LogP contribution < -0.4 is 11.1 Å². The van der Waals surface area contributed by atoms with Crippen LogP contribution in [0, 0.1) is 11.3 Å². The van der Waals surface area contributed by atoms with E-state index in [1.54, 1.807) is 4.68 Å². The minimum Gasteiger partial charge on any atom is -0.355 e. The first-order chi connectivity index (χ1) is 9.55. The monoisotopic (exact) mass is 278 g/mol. The van der Waals surface area contributed by atoms with Gasteiger partial charge in [-0.1, -0.05) is 6.92 Å². The first-order valence-corrected chi connectivity index (χ1v) is 7.53. The zero-order valence-electron chi connectivity index (χ0n) is 12.6. The zero-order valence-corrected chi connectivity index (χ0v) is 12.6. The van der Waals surface area contributed by atoms with Crippen LogP contribution in [-0.4, -0.2) is 28.8 Å². The molecule has 5 heteroatoms. The summed E-state index contributed by atoms with van der Waals surface area (Å²) in [5, 5.41) is 7.36. The van der Waals surface area contributed by atoms with Crippen molar-refractivity contribution in [3.8, 4) is 0 Å². The number of carbonyl (C=O) groups excluding carboxylic acids is 1. The Kier molecular flexibility index (Phi) is 4.81. The van der Waals surface area contributed by atoms with E-state index in [1.807, 2.05) is 19.3 Å². The van der Waals surface area contributed by atoms with Crippen molar-refractivity contribution < 1.29 is 4.79 Å². The maximum Gasteiger partial charge on any atom is 0.227 e. The minimum atomic E-state index is -0.337. The van der Waals surface area contributed by atoms with Crippen LogP contribution in [0.2, 0.25) is 0 Å². The number of hydrogen-bond donors (Lipinski definition) is 2. The molecular weight excluding hydrogens is 252 g/mol. The predicted octanol–water partition coefficient (Wildman–Crippen LogP) is 1.23. The lowest BCUT2D eigenvalue weighted by Gasteiger charge is -2.37. The summed E-state index contributed by atoms with van der Waals surface area (Å²) in [6, 6.07) is 1.98. The van der Waals surface area contributed by atoms with Gasteiger partial charge in [-0.25, -0.2) is 0 Å². The highest BCUT2D eigenvalue weighted by atomic mass is 16.2. The quantitative estimate of drug-likeness (QED) is 0.851. The van der Waals surface area contributed by atoms with E-state index in [-0.39, 0.29) is 11.3 Å². The third-order valence-electron chi connectivity index (χ3n) is 4.54. The molecule has 1 saturated carbocycles. The number of aryl methyl sites for hydroxylation is 1. The van der Waals surface area contributed by atoms with Crippen molar-refractivity contribution in [2.45, 2.75) is 39.0 Å².